The van der Waals surface area contributed by atoms with Crippen LogP contribution < -0.4 is 10.1 Å². The van der Waals surface area contributed by atoms with Gasteiger partial charge in [-0.2, -0.15) is 9.29 Å². The van der Waals surface area contributed by atoms with Gasteiger partial charge in [0.15, 0.2) is 5.82 Å². The molecule has 0 aliphatic carbocycles. The first kappa shape index (κ1) is 21.8. The van der Waals surface area contributed by atoms with Crippen LogP contribution in [0.2, 0.25) is 0 Å². The maximum atomic E-state index is 12.9. The Morgan fingerprint density at radius 3 is 2.57 bits per heavy atom. The fourth-order valence-electron chi connectivity index (χ4n) is 2.71. The van der Waals surface area contributed by atoms with Gasteiger partial charge in [-0.3, -0.25) is 4.79 Å². The summed E-state index contributed by atoms with van der Waals surface area (Å²) >= 11 is 0. The zero-order valence-corrected chi connectivity index (χ0v) is 17.4. The summed E-state index contributed by atoms with van der Waals surface area (Å²) < 4.78 is 37.3. The minimum atomic E-state index is -3.76. The topological polar surface area (TPSA) is 115 Å². The van der Waals surface area contributed by atoms with Gasteiger partial charge in [-0.05, 0) is 31.5 Å². The Labute approximate surface area is 165 Å². The second-order valence-corrected chi connectivity index (χ2v) is 7.96. The van der Waals surface area contributed by atoms with Crippen LogP contribution in [0.3, 0.4) is 0 Å². The lowest BCUT2D eigenvalue weighted by molar-refractivity contribution is 0.0952. The predicted octanol–water partition coefficient (Wildman–Crippen LogP) is 1.78. The maximum absolute atomic E-state index is 12.9. The fraction of sp³-hybridized carbons (Fsp3) is 0.500. The van der Waals surface area contributed by atoms with Gasteiger partial charge in [0.05, 0.1) is 7.11 Å². The summed E-state index contributed by atoms with van der Waals surface area (Å²) in [6, 6.07) is 4.38. The normalized spacial score (nSPS) is 11.6. The fourth-order valence-corrected chi connectivity index (χ4v) is 4.35. The summed E-state index contributed by atoms with van der Waals surface area (Å²) in [7, 11) is -2.36. The van der Waals surface area contributed by atoms with Crippen LogP contribution in [-0.4, -0.2) is 55.5 Å². The van der Waals surface area contributed by atoms with E-state index in [2.05, 4.69) is 15.5 Å². The first-order valence-electron chi connectivity index (χ1n) is 9.09. The number of methoxy groups -OCH3 is 1. The molecular formula is C18H26N4O5S. The summed E-state index contributed by atoms with van der Waals surface area (Å²) in [4.78, 5) is 16.5. The third-order valence-electron chi connectivity index (χ3n) is 4.17. The van der Waals surface area contributed by atoms with Crippen LogP contribution in [0.15, 0.2) is 27.6 Å². The molecule has 0 saturated carbocycles. The van der Waals surface area contributed by atoms with Crippen molar-refractivity contribution in [3.63, 3.8) is 0 Å². The van der Waals surface area contributed by atoms with E-state index in [1.807, 2.05) is 0 Å². The van der Waals surface area contributed by atoms with Gasteiger partial charge in [0, 0.05) is 31.6 Å². The number of sulfonamides is 1. The summed E-state index contributed by atoms with van der Waals surface area (Å²) in [5.74, 6) is 0.929. The third kappa shape index (κ3) is 5.08. The van der Waals surface area contributed by atoms with Crippen LogP contribution in [0, 0.1) is 6.92 Å². The van der Waals surface area contributed by atoms with Gasteiger partial charge >= 0.3 is 0 Å². The van der Waals surface area contributed by atoms with Crippen molar-refractivity contribution >= 4 is 15.9 Å². The van der Waals surface area contributed by atoms with Crippen molar-refractivity contribution in [1.29, 1.82) is 0 Å². The Morgan fingerprint density at radius 1 is 1.29 bits per heavy atom. The minimum Gasteiger partial charge on any atom is -0.495 e. The highest BCUT2D eigenvalue weighted by atomic mass is 32.2. The average Bonchev–Trinajstić information content (AvgIpc) is 3.10. The van der Waals surface area contributed by atoms with Crippen molar-refractivity contribution in [2.45, 2.75) is 38.5 Å². The molecule has 1 aromatic carbocycles. The van der Waals surface area contributed by atoms with E-state index in [0.29, 0.717) is 44.2 Å². The van der Waals surface area contributed by atoms with Crippen LogP contribution >= 0.6 is 0 Å². The molecule has 28 heavy (non-hydrogen) atoms. The highest BCUT2D eigenvalue weighted by Crippen LogP contribution is 2.27. The van der Waals surface area contributed by atoms with Crippen molar-refractivity contribution in [1.82, 2.24) is 19.8 Å². The number of carbonyl (C=O) groups excluding carboxylic acids is 1. The quantitative estimate of drug-likeness (QED) is 0.594. The number of ether oxygens (including phenoxy) is 1. The van der Waals surface area contributed by atoms with E-state index in [0.717, 1.165) is 0 Å². The number of rotatable bonds is 10. The first-order chi connectivity index (χ1) is 13.3. The second-order valence-electron chi connectivity index (χ2n) is 6.05. The van der Waals surface area contributed by atoms with Gasteiger partial charge < -0.3 is 14.6 Å². The van der Waals surface area contributed by atoms with Crippen LogP contribution in [0.4, 0.5) is 0 Å². The van der Waals surface area contributed by atoms with Crippen LogP contribution in [-0.2, 0) is 16.4 Å². The van der Waals surface area contributed by atoms with Crippen LogP contribution in [0.1, 0.15) is 42.3 Å². The van der Waals surface area contributed by atoms with Gasteiger partial charge in [0.2, 0.25) is 15.9 Å². The molecule has 1 aromatic heterocycles. The zero-order chi connectivity index (χ0) is 20.7. The van der Waals surface area contributed by atoms with Gasteiger partial charge in [0.1, 0.15) is 10.6 Å². The molecule has 10 heteroatoms. The summed E-state index contributed by atoms with van der Waals surface area (Å²) in [5, 5.41) is 6.48. The molecule has 0 atom stereocenters. The Bertz CT molecular complexity index is 906. The van der Waals surface area contributed by atoms with E-state index >= 15 is 0 Å². The summed E-state index contributed by atoms with van der Waals surface area (Å²) in [5.41, 5.74) is 0.250. The highest BCUT2D eigenvalue weighted by molar-refractivity contribution is 7.89. The molecule has 0 spiro atoms. The highest BCUT2D eigenvalue weighted by Gasteiger charge is 2.26. The number of aromatic nitrogens is 2. The molecule has 2 aromatic rings. The van der Waals surface area contributed by atoms with E-state index in [9.17, 15) is 13.2 Å². The molecule has 1 N–H and O–H groups in total. The average molecular weight is 410 g/mol. The lowest BCUT2D eigenvalue weighted by atomic mass is 10.2. The molecule has 0 bridgehead atoms. The molecule has 154 valence electrons. The van der Waals surface area contributed by atoms with Crippen molar-refractivity contribution in [2.75, 3.05) is 26.7 Å². The van der Waals surface area contributed by atoms with E-state index in [4.69, 9.17) is 9.26 Å². The number of nitrogens with zero attached hydrogens (tertiary/aromatic N) is 3. The Hall–Kier alpha value is -2.46. The van der Waals surface area contributed by atoms with Gasteiger partial charge in [-0.1, -0.05) is 19.0 Å². The SMILES string of the molecule is CCN(CC)S(=O)(=O)c1cc(C(=O)NCCCc2nc(C)no2)ccc1OC. The van der Waals surface area contributed by atoms with Crippen molar-refractivity contribution in [3.05, 3.63) is 35.5 Å². The molecular weight excluding hydrogens is 384 g/mol. The van der Waals surface area contributed by atoms with Crippen molar-refractivity contribution < 1.29 is 22.5 Å². The Kier molecular flexibility index (Phi) is 7.53. The third-order valence-corrected chi connectivity index (χ3v) is 6.24. The predicted molar refractivity (Wildman–Crippen MR) is 103 cm³/mol. The monoisotopic (exact) mass is 410 g/mol. The van der Waals surface area contributed by atoms with Crippen molar-refractivity contribution in [3.8, 4) is 5.75 Å². The number of nitrogens with one attached hydrogen (secondary N) is 1. The van der Waals surface area contributed by atoms with Gasteiger partial charge in [-0.25, -0.2) is 8.42 Å². The van der Waals surface area contributed by atoms with Crippen molar-refractivity contribution in [2.24, 2.45) is 0 Å². The number of amides is 1. The molecule has 0 radical (unpaired) electrons. The molecule has 0 saturated heterocycles. The molecule has 0 aliphatic heterocycles. The molecule has 9 nitrogen and oxygen atoms in total. The Balaban J connectivity index is 2.09. The lowest BCUT2D eigenvalue weighted by Crippen LogP contribution is -2.31. The minimum absolute atomic E-state index is 0.0207. The number of hydrogen-bond acceptors (Lipinski definition) is 7. The number of carbonyl (C=O) groups is 1. The van der Waals surface area contributed by atoms with E-state index in [1.165, 1.54) is 29.6 Å². The molecule has 1 heterocycles. The Morgan fingerprint density at radius 2 is 2.00 bits per heavy atom. The van der Waals surface area contributed by atoms with E-state index < -0.39 is 10.0 Å². The van der Waals surface area contributed by atoms with Crippen LogP contribution in [0.25, 0.3) is 0 Å². The lowest BCUT2D eigenvalue weighted by Gasteiger charge is -2.20. The number of hydrogen-bond donors (Lipinski definition) is 1. The number of aryl methyl sites for hydroxylation is 2. The maximum Gasteiger partial charge on any atom is 0.251 e. The largest absolute Gasteiger partial charge is 0.495 e. The molecule has 1 amide bonds. The second kappa shape index (κ2) is 9.65. The van der Waals surface area contributed by atoms with Crippen LogP contribution in [0.5, 0.6) is 5.75 Å². The molecule has 0 fully saturated rings. The van der Waals surface area contributed by atoms with E-state index in [-0.39, 0.29) is 22.1 Å². The summed E-state index contributed by atoms with van der Waals surface area (Å²) in [6.07, 6.45) is 1.17. The van der Waals surface area contributed by atoms with Gasteiger partial charge in [-0.15, -0.1) is 0 Å². The smallest absolute Gasteiger partial charge is 0.251 e. The molecule has 0 unspecified atom stereocenters. The molecule has 0 aliphatic rings. The summed E-state index contributed by atoms with van der Waals surface area (Å²) in [6.45, 7) is 6.30. The standard InChI is InChI=1S/C18H26N4O5S/c1-5-22(6-2)28(24,25)16-12-14(9-10-15(16)26-4)18(23)19-11-7-8-17-20-13(3)21-27-17/h9-10,12H,5-8,11H2,1-4H3,(H,19,23). The number of benzene rings is 1. The first-order valence-corrected chi connectivity index (χ1v) is 10.5. The molecule has 2 rings (SSSR count). The van der Waals surface area contributed by atoms with E-state index in [1.54, 1.807) is 20.8 Å². The van der Waals surface area contributed by atoms with Gasteiger partial charge in [0.25, 0.3) is 5.91 Å². The zero-order valence-electron chi connectivity index (χ0n) is 16.6.